The average molecular weight is 390 g/mol. The van der Waals surface area contributed by atoms with Crippen LogP contribution in [0, 0.1) is 0 Å². The molecule has 0 heterocycles. The van der Waals surface area contributed by atoms with Crippen molar-refractivity contribution in [2.75, 3.05) is 19.5 Å². The molecule has 148 valence electrons. The molecule has 6 heteroatoms. The fourth-order valence-corrected chi connectivity index (χ4v) is 2.62. The first kappa shape index (κ1) is 19.9. The van der Waals surface area contributed by atoms with Gasteiger partial charge in [-0.15, -0.1) is 0 Å². The maximum Gasteiger partial charge on any atom is 0.255 e. The number of amides is 1. The monoisotopic (exact) mass is 390 g/mol. The second kappa shape index (κ2) is 9.94. The van der Waals surface area contributed by atoms with E-state index in [1.807, 2.05) is 54.6 Å². The van der Waals surface area contributed by atoms with Crippen molar-refractivity contribution in [3.8, 4) is 11.5 Å². The molecule has 0 aliphatic heterocycles. The molecule has 1 N–H and O–H groups in total. The Kier molecular flexibility index (Phi) is 6.84. The Hall–Kier alpha value is -3.80. The summed E-state index contributed by atoms with van der Waals surface area (Å²) in [6.45, 7) is 0.296. The molecule has 0 fully saturated rings. The quantitative estimate of drug-likeness (QED) is 0.454. The number of carbonyl (C=O) groups excluding carboxylic acids is 1. The van der Waals surface area contributed by atoms with E-state index in [4.69, 9.17) is 14.3 Å². The Morgan fingerprint density at radius 3 is 2.34 bits per heavy atom. The first-order valence-corrected chi connectivity index (χ1v) is 9.02. The zero-order chi connectivity index (χ0) is 20.5. The van der Waals surface area contributed by atoms with Gasteiger partial charge in [-0.05, 0) is 48.0 Å². The van der Waals surface area contributed by atoms with Crippen LogP contribution in [-0.4, -0.2) is 26.3 Å². The number of hydrogen-bond acceptors (Lipinski definition) is 5. The average Bonchev–Trinajstić information content (AvgIpc) is 2.77. The molecule has 0 bridgehead atoms. The molecule has 3 aromatic carbocycles. The molecule has 0 atom stereocenters. The number of methoxy groups -OCH3 is 2. The first-order chi connectivity index (χ1) is 14.2. The van der Waals surface area contributed by atoms with Crippen LogP contribution in [0.15, 0.2) is 78.0 Å². The predicted octanol–water partition coefficient (Wildman–Crippen LogP) is 4.51. The van der Waals surface area contributed by atoms with E-state index >= 15 is 0 Å². The molecular weight excluding hydrogens is 368 g/mol. The van der Waals surface area contributed by atoms with Crippen LogP contribution in [0.5, 0.6) is 11.5 Å². The zero-order valence-electron chi connectivity index (χ0n) is 16.3. The molecule has 0 aromatic heterocycles. The normalized spacial score (nSPS) is 10.6. The highest BCUT2D eigenvalue weighted by molar-refractivity contribution is 6.04. The molecule has 3 rings (SSSR count). The second-order valence-electron chi connectivity index (χ2n) is 6.14. The van der Waals surface area contributed by atoms with E-state index < -0.39 is 0 Å². The Morgan fingerprint density at radius 1 is 0.931 bits per heavy atom. The predicted molar refractivity (Wildman–Crippen MR) is 113 cm³/mol. The highest BCUT2D eigenvalue weighted by atomic mass is 16.6. The fourth-order valence-electron chi connectivity index (χ4n) is 2.62. The molecule has 0 aliphatic rings. The van der Waals surface area contributed by atoms with Gasteiger partial charge in [0.1, 0.15) is 6.61 Å². The van der Waals surface area contributed by atoms with Crippen molar-refractivity contribution in [3.05, 3.63) is 89.5 Å². The van der Waals surface area contributed by atoms with E-state index in [2.05, 4.69) is 10.5 Å². The van der Waals surface area contributed by atoms with Crippen LogP contribution < -0.4 is 14.8 Å². The van der Waals surface area contributed by atoms with Crippen molar-refractivity contribution < 1.29 is 19.1 Å². The number of oxime groups is 1. The lowest BCUT2D eigenvalue weighted by molar-refractivity contribution is 0.102. The lowest BCUT2D eigenvalue weighted by Crippen LogP contribution is -2.11. The lowest BCUT2D eigenvalue weighted by atomic mass is 10.1. The minimum atomic E-state index is -0.157. The van der Waals surface area contributed by atoms with Crippen LogP contribution in [-0.2, 0) is 11.4 Å². The highest BCUT2D eigenvalue weighted by Crippen LogP contribution is 2.26. The zero-order valence-corrected chi connectivity index (χ0v) is 16.3. The number of nitrogens with one attached hydrogen (secondary N) is 1. The van der Waals surface area contributed by atoms with Crippen LogP contribution in [0.4, 0.5) is 5.69 Å². The summed E-state index contributed by atoms with van der Waals surface area (Å²) in [7, 11) is 3.17. The summed E-state index contributed by atoms with van der Waals surface area (Å²) in [4.78, 5) is 17.6. The van der Waals surface area contributed by atoms with E-state index in [9.17, 15) is 4.79 Å². The molecule has 3 aromatic rings. The van der Waals surface area contributed by atoms with Crippen LogP contribution in [0.1, 0.15) is 21.5 Å². The van der Waals surface area contributed by atoms with Gasteiger partial charge in [0.15, 0.2) is 11.5 Å². The molecule has 6 nitrogen and oxygen atoms in total. The summed E-state index contributed by atoms with van der Waals surface area (Å²) < 4.78 is 10.5. The van der Waals surface area contributed by atoms with Gasteiger partial charge in [0.2, 0.25) is 0 Å². The van der Waals surface area contributed by atoms with Gasteiger partial charge in [-0.3, -0.25) is 4.79 Å². The summed E-state index contributed by atoms with van der Waals surface area (Å²) in [6.07, 6.45) is 1.60. The van der Waals surface area contributed by atoms with E-state index in [1.54, 1.807) is 38.6 Å². The fraction of sp³-hybridized carbons (Fsp3) is 0.130. The van der Waals surface area contributed by atoms with Crippen molar-refractivity contribution in [3.63, 3.8) is 0 Å². The number of rotatable bonds is 8. The van der Waals surface area contributed by atoms with E-state index in [-0.39, 0.29) is 5.91 Å². The van der Waals surface area contributed by atoms with Crippen LogP contribution in [0.3, 0.4) is 0 Å². The van der Waals surface area contributed by atoms with Gasteiger partial charge in [0, 0.05) is 16.8 Å². The molecule has 0 radical (unpaired) electrons. The van der Waals surface area contributed by atoms with Gasteiger partial charge >= 0.3 is 0 Å². The second-order valence-corrected chi connectivity index (χ2v) is 6.14. The van der Waals surface area contributed by atoms with E-state index in [0.717, 1.165) is 16.8 Å². The summed E-state index contributed by atoms with van der Waals surface area (Å²) >= 11 is 0. The summed E-state index contributed by atoms with van der Waals surface area (Å²) in [6, 6.07) is 22.0. The van der Waals surface area contributed by atoms with Crippen molar-refractivity contribution in [1.82, 2.24) is 0 Å². The van der Waals surface area contributed by atoms with Crippen molar-refractivity contribution >= 4 is 17.8 Å². The topological polar surface area (TPSA) is 69.2 Å². The number of carbonyl (C=O) groups is 1. The molecule has 0 unspecified atom stereocenters. The maximum atomic E-state index is 12.3. The highest BCUT2D eigenvalue weighted by Gasteiger charge is 2.06. The third-order valence-corrected chi connectivity index (χ3v) is 4.16. The summed E-state index contributed by atoms with van der Waals surface area (Å²) in [5.74, 6) is 1.12. The SMILES string of the molecule is COc1ccc(/C=N\OCc2ccc(C(=O)Nc3ccccc3)cc2)cc1OC. The number of nitrogens with zero attached hydrogens (tertiary/aromatic N) is 1. The Bertz CT molecular complexity index is 970. The Morgan fingerprint density at radius 2 is 1.66 bits per heavy atom. The smallest absolute Gasteiger partial charge is 0.255 e. The van der Waals surface area contributed by atoms with Crippen molar-refractivity contribution in [2.24, 2.45) is 5.16 Å². The van der Waals surface area contributed by atoms with Gasteiger partial charge in [-0.25, -0.2) is 0 Å². The minimum absolute atomic E-state index is 0.157. The van der Waals surface area contributed by atoms with Gasteiger partial charge in [-0.1, -0.05) is 35.5 Å². The summed E-state index contributed by atoms with van der Waals surface area (Å²) in [5.41, 5.74) is 3.07. The Labute approximate surface area is 169 Å². The van der Waals surface area contributed by atoms with Gasteiger partial charge < -0.3 is 19.6 Å². The number of anilines is 1. The first-order valence-electron chi connectivity index (χ1n) is 9.02. The number of benzene rings is 3. The maximum absolute atomic E-state index is 12.3. The van der Waals surface area contributed by atoms with Gasteiger partial charge in [-0.2, -0.15) is 0 Å². The molecular formula is C23H22N2O4. The molecule has 0 saturated carbocycles. The molecule has 0 spiro atoms. The Balaban J connectivity index is 1.52. The largest absolute Gasteiger partial charge is 0.493 e. The van der Waals surface area contributed by atoms with Crippen molar-refractivity contribution in [2.45, 2.75) is 6.61 Å². The van der Waals surface area contributed by atoms with Crippen LogP contribution >= 0.6 is 0 Å². The van der Waals surface area contributed by atoms with Crippen LogP contribution in [0.2, 0.25) is 0 Å². The third-order valence-electron chi connectivity index (χ3n) is 4.16. The van der Waals surface area contributed by atoms with E-state index in [0.29, 0.717) is 23.7 Å². The lowest BCUT2D eigenvalue weighted by Gasteiger charge is -2.07. The third kappa shape index (κ3) is 5.59. The summed E-state index contributed by atoms with van der Waals surface area (Å²) in [5, 5.41) is 6.83. The van der Waals surface area contributed by atoms with E-state index in [1.165, 1.54) is 0 Å². The number of hydrogen-bond donors (Lipinski definition) is 1. The van der Waals surface area contributed by atoms with Gasteiger partial charge in [0.05, 0.1) is 20.4 Å². The van der Waals surface area contributed by atoms with Gasteiger partial charge in [0.25, 0.3) is 5.91 Å². The standard InChI is InChI=1S/C23H22N2O4/c1-27-21-13-10-18(14-22(21)28-2)15-24-29-16-17-8-11-19(12-9-17)23(26)25-20-6-4-3-5-7-20/h3-15H,16H2,1-2H3,(H,25,26)/b24-15-. The number of para-hydroxylation sites is 1. The molecule has 0 aliphatic carbocycles. The molecule has 0 saturated heterocycles. The molecule has 29 heavy (non-hydrogen) atoms. The van der Waals surface area contributed by atoms with Crippen molar-refractivity contribution in [1.29, 1.82) is 0 Å². The minimum Gasteiger partial charge on any atom is -0.493 e. The van der Waals surface area contributed by atoms with Crippen LogP contribution in [0.25, 0.3) is 0 Å². The number of ether oxygens (including phenoxy) is 2. The molecule has 1 amide bonds.